The summed E-state index contributed by atoms with van der Waals surface area (Å²) in [6, 6.07) is 5.98. The summed E-state index contributed by atoms with van der Waals surface area (Å²) in [6.45, 7) is 4.09. The van der Waals surface area contributed by atoms with Crippen LogP contribution >= 0.6 is 0 Å². The molecule has 0 saturated carbocycles. The van der Waals surface area contributed by atoms with Gasteiger partial charge in [0.2, 0.25) is 0 Å². The normalized spacial score (nSPS) is 11.0. The molecular weight excluding hydrogens is 202 g/mol. The van der Waals surface area contributed by atoms with Gasteiger partial charge in [0, 0.05) is 24.0 Å². The third-order valence-corrected chi connectivity index (χ3v) is 2.42. The molecule has 0 aromatic carbocycles. The van der Waals surface area contributed by atoms with Crippen molar-refractivity contribution in [3.05, 3.63) is 36.3 Å². The lowest BCUT2D eigenvalue weighted by Crippen LogP contribution is -2.07. The Morgan fingerprint density at radius 3 is 2.75 bits per heavy atom. The molecular formula is C12H15N3O. The third kappa shape index (κ3) is 1.97. The van der Waals surface area contributed by atoms with Crippen LogP contribution < -0.4 is 0 Å². The van der Waals surface area contributed by atoms with Crippen molar-refractivity contribution in [1.29, 1.82) is 0 Å². The lowest BCUT2D eigenvalue weighted by Gasteiger charge is -2.08. The van der Waals surface area contributed by atoms with Gasteiger partial charge in [0.1, 0.15) is 0 Å². The van der Waals surface area contributed by atoms with Crippen molar-refractivity contribution in [2.24, 2.45) is 0 Å². The summed E-state index contributed by atoms with van der Waals surface area (Å²) >= 11 is 0. The summed E-state index contributed by atoms with van der Waals surface area (Å²) in [6.07, 6.45) is 3.50. The van der Waals surface area contributed by atoms with Crippen LogP contribution in [0.15, 0.2) is 30.6 Å². The summed E-state index contributed by atoms with van der Waals surface area (Å²) in [7, 11) is 0. The first-order valence-electron chi connectivity index (χ1n) is 5.32. The number of hydrogen-bond donors (Lipinski definition) is 1. The minimum absolute atomic E-state index is 0.00540. The molecule has 4 nitrogen and oxygen atoms in total. The Balaban J connectivity index is 2.44. The van der Waals surface area contributed by atoms with E-state index in [2.05, 4.69) is 10.1 Å². The Bertz CT molecular complexity index is 462. The zero-order valence-corrected chi connectivity index (χ0v) is 9.46. The van der Waals surface area contributed by atoms with E-state index in [1.54, 1.807) is 12.4 Å². The van der Waals surface area contributed by atoms with Crippen molar-refractivity contribution in [2.75, 3.05) is 0 Å². The molecule has 0 fully saturated rings. The van der Waals surface area contributed by atoms with Gasteiger partial charge < -0.3 is 5.11 Å². The van der Waals surface area contributed by atoms with Crippen molar-refractivity contribution in [2.45, 2.75) is 26.5 Å². The van der Waals surface area contributed by atoms with Crippen LogP contribution in [-0.2, 0) is 6.61 Å². The minimum atomic E-state index is 0.00540. The Morgan fingerprint density at radius 2 is 2.25 bits per heavy atom. The lowest BCUT2D eigenvalue weighted by atomic mass is 10.2. The topological polar surface area (TPSA) is 50.9 Å². The van der Waals surface area contributed by atoms with Crippen LogP contribution in [0.1, 0.15) is 25.6 Å². The first kappa shape index (κ1) is 10.8. The number of pyridine rings is 1. The van der Waals surface area contributed by atoms with E-state index in [0.29, 0.717) is 0 Å². The average Bonchev–Trinajstić information content (AvgIpc) is 2.74. The summed E-state index contributed by atoms with van der Waals surface area (Å²) in [5, 5.41) is 13.7. The maximum Gasteiger partial charge on any atom is 0.0942 e. The SMILES string of the molecule is CC(C)n1nc(-c2cccnc2)cc1CO. The van der Waals surface area contributed by atoms with Crippen LogP contribution in [-0.4, -0.2) is 19.9 Å². The van der Waals surface area contributed by atoms with Gasteiger partial charge in [-0.15, -0.1) is 0 Å². The smallest absolute Gasteiger partial charge is 0.0942 e. The van der Waals surface area contributed by atoms with E-state index < -0.39 is 0 Å². The van der Waals surface area contributed by atoms with Gasteiger partial charge >= 0.3 is 0 Å². The molecule has 0 spiro atoms. The Morgan fingerprint density at radius 1 is 1.44 bits per heavy atom. The van der Waals surface area contributed by atoms with Crippen LogP contribution in [0, 0.1) is 0 Å². The summed E-state index contributed by atoms with van der Waals surface area (Å²) in [5.41, 5.74) is 2.65. The fourth-order valence-electron chi connectivity index (χ4n) is 1.65. The molecule has 2 aromatic heterocycles. The van der Waals surface area contributed by atoms with Crippen molar-refractivity contribution in [3.8, 4) is 11.3 Å². The molecule has 0 saturated heterocycles. The highest BCUT2D eigenvalue weighted by molar-refractivity contribution is 5.57. The fourth-order valence-corrected chi connectivity index (χ4v) is 1.65. The second kappa shape index (κ2) is 4.45. The van der Waals surface area contributed by atoms with E-state index in [4.69, 9.17) is 0 Å². The van der Waals surface area contributed by atoms with Crippen molar-refractivity contribution in [3.63, 3.8) is 0 Å². The highest BCUT2D eigenvalue weighted by atomic mass is 16.3. The van der Waals surface area contributed by atoms with Crippen LogP contribution in [0.4, 0.5) is 0 Å². The molecule has 0 radical (unpaired) electrons. The van der Waals surface area contributed by atoms with Crippen molar-refractivity contribution >= 4 is 0 Å². The maximum atomic E-state index is 9.25. The molecule has 16 heavy (non-hydrogen) atoms. The number of hydrogen-bond acceptors (Lipinski definition) is 3. The van der Waals surface area contributed by atoms with Crippen LogP contribution in [0.2, 0.25) is 0 Å². The summed E-state index contributed by atoms with van der Waals surface area (Å²) in [4.78, 5) is 4.06. The van der Waals surface area contributed by atoms with Gasteiger partial charge in [-0.25, -0.2) is 0 Å². The van der Waals surface area contributed by atoms with E-state index >= 15 is 0 Å². The molecule has 2 rings (SSSR count). The van der Waals surface area contributed by atoms with Gasteiger partial charge in [-0.1, -0.05) is 0 Å². The second-order valence-electron chi connectivity index (χ2n) is 3.96. The van der Waals surface area contributed by atoms with Crippen LogP contribution in [0.3, 0.4) is 0 Å². The van der Waals surface area contributed by atoms with Gasteiger partial charge in [-0.3, -0.25) is 9.67 Å². The number of aromatic nitrogens is 3. The predicted octanol–water partition coefficient (Wildman–Crippen LogP) is 2.02. The zero-order valence-electron chi connectivity index (χ0n) is 9.46. The fraction of sp³-hybridized carbons (Fsp3) is 0.333. The van der Waals surface area contributed by atoms with Crippen LogP contribution in [0.25, 0.3) is 11.3 Å². The Hall–Kier alpha value is -1.68. The molecule has 4 heteroatoms. The van der Waals surface area contributed by atoms with E-state index in [1.807, 2.05) is 36.7 Å². The minimum Gasteiger partial charge on any atom is -0.390 e. The first-order chi connectivity index (χ1) is 7.72. The standard InChI is InChI=1S/C12H15N3O/c1-9(2)15-11(8-16)6-12(14-15)10-4-3-5-13-7-10/h3-7,9,16H,8H2,1-2H3. The molecule has 1 N–H and O–H groups in total. The molecule has 0 aliphatic heterocycles. The van der Waals surface area contributed by atoms with E-state index in [-0.39, 0.29) is 12.6 Å². The molecule has 2 aromatic rings. The number of aliphatic hydroxyl groups excluding tert-OH is 1. The monoisotopic (exact) mass is 217 g/mol. The first-order valence-corrected chi connectivity index (χ1v) is 5.32. The molecule has 84 valence electrons. The second-order valence-corrected chi connectivity index (χ2v) is 3.96. The highest BCUT2D eigenvalue weighted by Crippen LogP contribution is 2.20. The molecule has 0 amide bonds. The summed E-state index contributed by atoms with van der Waals surface area (Å²) in [5.74, 6) is 0. The van der Waals surface area contributed by atoms with Gasteiger partial charge in [0.25, 0.3) is 0 Å². The molecule has 0 atom stereocenters. The van der Waals surface area contributed by atoms with Gasteiger partial charge in [-0.2, -0.15) is 5.10 Å². The van der Waals surface area contributed by atoms with Crippen molar-refractivity contribution < 1.29 is 5.11 Å². The Labute approximate surface area is 94.6 Å². The molecule has 0 aliphatic rings. The summed E-state index contributed by atoms with van der Waals surface area (Å²) < 4.78 is 1.84. The van der Waals surface area contributed by atoms with E-state index in [9.17, 15) is 5.11 Å². The predicted molar refractivity (Wildman–Crippen MR) is 61.8 cm³/mol. The molecule has 2 heterocycles. The average molecular weight is 217 g/mol. The molecule has 0 aliphatic carbocycles. The number of aliphatic hydroxyl groups is 1. The van der Waals surface area contributed by atoms with E-state index in [0.717, 1.165) is 17.0 Å². The maximum absolute atomic E-state index is 9.25. The lowest BCUT2D eigenvalue weighted by molar-refractivity contribution is 0.264. The van der Waals surface area contributed by atoms with Gasteiger partial charge in [-0.05, 0) is 32.0 Å². The van der Waals surface area contributed by atoms with Gasteiger partial charge in [0.05, 0.1) is 18.0 Å². The van der Waals surface area contributed by atoms with E-state index in [1.165, 1.54) is 0 Å². The van der Waals surface area contributed by atoms with Crippen LogP contribution in [0.5, 0.6) is 0 Å². The third-order valence-electron chi connectivity index (χ3n) is 2.42. The largest absolute Gasteiger partial charge is 0.390 e. The van der Waals surface area contributed by atoms with Crippen molar-refractivity contribution in [1.82, 2.24) is 14.8 Å². The quantitative estimate of drug-likeness (QED) is 0.855. The molecule has 0 bridgehead atoms. The van der Waals surface area contributed by atoms with Gasteiger partial charge in [0.15, 0.2) is 0 Å². The highest BCUT2D eigenvalue weighted by Gasteiger charge is 2.10. The Kier molecular flexibility index (Phi) is 3.01. The zero-order chi connectivity index (χ0) is 11.5. The number of nitrogens with zero attached hydrogens (tertiary/aromatic N) is 3. The molecule has 0 unspecified atom stereocenters. The number of rotatable bonds is 3.